The Hall–Kier alpha value is -0.270. The first-order valence-electron chi connectivity index (χ1n) is 17.2. The fourth-order valence-corrected chi connectivity index (χ4v) is 5.38. The molecule has 0 aliphatic heterocycles. The van der Waals surface area contributed by atoms with Gasteiger partial charge in [0.1, 0.15) is 19.3 Å². The lowest BCUT2D eigenvalue weighted by Crippen LogP contribution is -2.37. The summed E-state index contributed by atoms with van der Waals surface area (Å²) in [5, 5.41) is 0. The Morgan fingerprint density at radius 2 is 1.17 bits per heavy atom. The molecule has 0 spiro atoms. The van der Waals surface area contributed by atoms with Crippen molar-refractivity contribution in [3.05, 3.63) is 12.2 Å². The summed E-state index contributed by atoms with van der Waals surface area (Å²) < 4.78 is 35.1. The van der Waals surface area contributed by atoms with Crippen LogP contribution in [0.4, 0.5) is 0 Å². The molecule has 0 saturated carbocycles. The zero-order valence-electron chi connectivity index (χ0n) is 28.9. The first-order valence-corrected chi connectivity index (χ1v) is 18.7. The molecule has 42 heavy (non-hydrogen) atoms. The third-order valence-electron chi connectivity index (χ3n) is 7.06. The number of quaternary nitrogens is 1. The van der Waals surface area contributed by atoms with Crippen LogP contribution < -0.4 is 0 Å². The molecule has 0 aromatic heterocycles. The predicted molar refractivity (Wildman–Crippen MR) is 178 cm³/mol. The Labute approximate surface area is 261 Å². The largest absolute Gasteiger partial charge is 0.472 e. The lowest BCUT2D eigenvalue weighted by molar-refractivity contribution is -0.870. The van der Waals surface area contributed by atoms with Crippen molar-refractivity contribution in [3.63, 3.8) is 0 Å². The fraction of sp³-hybridized carbons (Fsp3) is 0.941. The van der Waals surface area contributed by atoms with Crippen molar-refractivity contribution in [2.75, 3.05) is 54.1 Å². The molecule has 1 N–H and O–H groups in total. The number of likely N-dealkylation sites (N-methyl/N-ethyl adjacent to an activating group) is 1. The van der Waals surface area contributed by atoms with E-state index >= 15 is 0 Å². The maximum atomic E-state index is 12.2. The van der Waals surface area contributed by atoms with Crippen LogP contribution in [0.1, 0.15) is 143 Å². The molecular weight excluding hydrogens is 549 g/mol. The minimum absolute atomic E-state index is 0.0506. The lowest BCUT2D eigenvalue weighted by Gasteiger charge is -2.28. The predicted octanol–water partition coefficient (Wildman–Crippen LogP) is 9.62. The highest BCUT2D eigenvalue weighted by molar-refractivity contribution is 7.47. The van der Waals surface area contributed by atoms with Gasteiger partial charge in [0.25, 0.3) is 0 Å². The van der Waals surface area contributed by atoms with Crippen molar-refractivity contribution in [2.45, 2.75) is 155 Å². The molecule has 252 valence electrons. The number of nitrogens with zero attached hydrogens (tertiary/aromatic N) is 1. The van der Waals surface area contributed by atoms with Gasteiger partial charge >= 0.3 is 7.82 Å². The quantitative estimate of drug-likeness (QED) is 0.0373. The standard InChI is InChI=1S/C34H70NO6P/c1-8-9-10-11-12-13-14-15-16-17-18-19-20-21-22-23-24-25-26-27-29-38-31-33(41-34(2,3)4)32-40-42(36,37)39-30-28-35(5,6)7/h16-17,33H,8-15,18-32H2,1-7H3/p+1/b17-16-/t33-/m1/s1. The Morgan fingerprint density at radius 3 is 1.64 bits per heavy atom. The van der Waals surface area contributed by atoms with Gasteiger partial charge in [0.15, 0.2) is 0 Å². The maximum absolute atomic E-state index is 12.2. The molecule has 0 aromatic rings. The zero-order chi connectivity index (χ0) is 31.6. The molecule has 0 heterocycles. The van der Waals surface area contributed by atoms with E-state index in [9.17, 15) is 9.46 Å². The summed E-state index contributed by atoms with van der Waals surface area (Å²) in [6.45, 7) is 9.82. The number of allylic oxidation sites excluding steroid dienone is 2. The normalized spacial score (nSPS) is 15.0. The molecule has 1 unspecified atom stereocenters. The number of phosphoric ester groups is 1. The molecule has 0 aliphatic rings. The third kappa shape index (κ3) is 32.6. The average Bonchev–Trinajstić information content (AvgIpc) is 2.88. The molecule has 0 radical (unpaired) electrons. The highest BCUT2D eigenvalue weighted by Crippen LogP contribution is 2.43. The van der Waals surface area contributed by atoms with E-state index in [-0.39, 0.29) is 13.2 Å². The zero-order valence-corrected chi connectivity index (χ0v) is 29.8. The molecule has 2 atom stereocenters. The van der Waals surface area contributed by atoms with Gasteiger partial charge in [-0.1, -0.05) is 103 Å². The highest BCUT2D eigenvalue weighted by Gasteiger charge is 2.27. The molecule has 0 saturated heterocycles. The van der Waals surface area contributed by atoms with Crippen LogP contribution in [0, 0.1) is 0 Å². The summed E-state index contributed by atoms with van der Waals surface area (Å²) in [5.41, 5.74) is -0.412. The maximum Gasteiger partial charge on any atom is 0.472 e. The Bertz CT molecular complexity index is 674. The first-order chi connectivity index (χ1) is 19.8. The summed E-state index contributed by atoms with van der Waals surface area (Å²) in [6.07, 6.45) is 28.0. The van der Waals surface area contributed by atoms with E-state index in [4.69, 9.17) is 18.5 Å². The van der Waals surface area contributed by atoms with Gasteiger partial charge in [-0.2, -0.15) is 0 Å². The molecule has 7 nitrogen and oxygen atoms in total. The summed E-state index contributed by atoms with van der Waals surface area (Å²) in [7, 11) is 1.86. The van der Waals surface area contributed by atoms with Crippen molar-refractivity contribution in [2.24, 2.45) is 0 Å². The molecule has 0 bridgehead atoms. The van der Waals surface area contributed by atoms with Crippen LogP contribution >= 0.6 is 7.82 Å². The van der Waals surface area contributed by atoms with E-state index in [1.54, 1.807) is 0 Å². The van der Waals surface area contributed by atoms with Crippen LogP contribution in [0.25, 0.3) is 0 Å². The van der Waals surface area contributed by atoms with E-state index in [1.807, 2.05) is 41.9 Å². The number of ether oxygens (including phenoxy) is 2. The van der Waals surface area contributed by atoms with E-state index in [1.165, 1.54) is 103 Å². The van der Waals surface area contributed by atoms with Crippen LogP contribution in [0.2, 0.25) is 0 Å². The van der Waals surface area contributed by atoms with Crippen molar-refractivity contribution in [1.29, 1.82) is 0 Å². The second kappa shape index (κ2) is 26.0. The fourth-order valence-electron chi connectivity index (χ4n) is 4.63. The third-order valence-corrected chi connectivity index (χ3v) is 8.05. The number of phosphoric acid groups is 1. The van der Waals surface area contributed by atoms with E-state index < -0.39 is 19.5 Å². The SMILES string of the molecule is CCCCCCCCC/C=C\CCCCCCCCCCCOC[C@H](COP(=O)(O)OCC[N+](C)(C)C)OC(C)(C)C. The second-order valence-electron chi connectivity index (χ2n) is 13.9. The molecular formula is C34H71NO6P+. The summed E-state index contributed by atoms with van der Waals surface area (Å²) in [5.74, 6) is 0. The number of hydrogen-bond acceptors (Lipinski definition) is 5. The van der Waals surface area contributed by atoms with Crippen molar-refractivity contribution >= 4 is 7.82 Å². The van der Waals surface area contributed by atoms with E-state index in [2.05, 4.69) is 19.1 Å². The van der Waals surface area contributed by atoms with Crippen molar-refractivity contribution in [1.82, 2.24) is 0 Å². The molecule has 0 aromatic carbocycles. The minimum Gasteiger partial charge on any atom is -0.379 e. The van der Waals surface area contributed by atoms with Crippen molar-refractivity contribution < 1.29 is 32.5 Å². The highest BCUT2D eigenvalue weighted by atomic mass is 31.2. The summed E-state index contributed by atoms with van der Waals surface area (Å²) >= 11 is 0. The topological polar surface area (TPSA) is 74.2 Å². The second-order valence-corrected chi connectivity index (χ2v) is 15.3. The van der Waals surface area contributed by atoms with Crippen molar-refractivity contribution in [3.8, 4) is 0 Å². The Balaban J connectivity index is 3.75. The van der Waals surface area contributed by atoms with Crippen LogP contribution in [0.5, 0.6) is 0 Å². The monoisotopic (exact) mass is 621 g/mol. The molecule has 0 rings (SSSR count). The van der Waals surface area contributed by atoms with Crippen LogP contribution in [0.3, 0.4) is 0 Å². The van der Waals surface area contributed by atoms with Gasteiger partial charge in [-0.05, 0) is 52.9 Å². The number of unbranched alkanes of at least 4 members (excludes halogenated alkanes) is 16. The van der Waals surface area contributed by atoms with Crippen LogP contribution in [-0.4, -0.2) is 75.2 Å². The number of rotatable bonds is 30. The van der Waals surface area contributed by atoms with Gasteiger partial charge in [0, 0.05) is 6.61 Å². The van der Waals surface area contributed by atoms with Gasteiger partial charge in [-0.15, -0.1) is 0 Å². The van der Waals surface area contributed by atoms with Gasteiger partial charge < -0.3 is 18.9 Å². The first kappa shape index (κ1) is 41.7. The summed E-state index contributed by atoms with van der Waals surface area (Å²) in [6, 6.07) is 0. The molecule has 0 fully saturated rings. The van der Waals surface area contributed by atoms with Gasteiger partial charge in [-0.25, -0.2) is 4.57 Å². The lowest BCUT2D eigenvalue weighted by atomic mass is 10.1. The van der Waals surface area contributed by atoms with Gasteiger partial charge in [0.05, 0.1) is 40.0 Å². The van der Waals surface area contributed by atoms with Crippen LogP contribution in [-0.2, 0) is 23.1 Å². The Morgan fingerprint density at radius 1 is 0.690 bits per heavy atom. The molecule has 8 heteroatoms. The Kier molecular flexibility index (Phi) is 25.8. The average molecular weight is 621 g/mol. The van der Waals surface area contributed by atoms with Crippen LogP contribution in [0.15, 0.2) is 12.2 Å². The number of hydrogen-bond donors (Lipinski definition) is 1. The minimum atomic E-state index is -4.13. The van der Waals surface area contributed by atoms with E-state index in [0.29, 0.717) is 24.2 Å². The van der Waals surface area contributed by atoms with E-state index in [0.717, 1.165) is 12.8 Å². The molecule has 0 amide bonds. The van der Waals surface area contributed by atoms with Gasteiger partial charge in [0.2, 0.25) is 0 Å². The molecule has 0 aliphatic carbocycles. The smallest absolute Gasteiger partial charge is 0.379 e. The summed E-state index contributed by atoms with van der Waals surface area (Å²) in [4.78, 5) is 10.0. The van der Waals surface area contributed by atoms with Gasteiger partial charge in [-0.3, -0.25) is 9.05 Å².